The zero-order valence-corrected chi connectivity index (χ0v) is 29.6. The van der Waals surface area contributed by atoms with E-state index in [1.165, 1.54) is 0 Å². The van der Waals surface area contributed by atoms with E-state index in [9.17, 15) is 0 Å². The minimum Gasteiger partial charge on any atom is -0.205 e. The van der Waals surface area contributed by atoms with E-state index in [1.54, 1.807) is 0 Å². The second-order valence-electron chi connectivity index (χ2n) is 9.67. The molecule has 0 saturated heterocycles. The number of rotatable bonds is 5. The Labute approximate surface area is 271 Å². The summed E-state index contributed by atoms with van der Waals surface area (Å²) in [6, 6.07) is 52.6. The van der Waals surface area contributed by atoms with Gasteiger partial charge in [-0.2, -0.15) is 0 Å². The van der Waals surface area contributed by atoms with E-state index >= 15 is 0 Å². The van der Waals surface area contributed by atoms with Gasteiger partial charge in [-0.1, -0.05) is 127 Å². The fraction of sp³-hybridized carbons (Fsp3) is 0. The normalized spacial score (nSPS) is 12.8. The summed E-state index contributed by atoms with van der Waals surface area (Å²) in [4.78, 5) is 0. The Bertz CT molecular complexity index is 1700. The summed E-state index contributed by atoms with van der Waals surface area (Å²) in [7, 11) is 25.0. The van der Waals surface area contributed by atoms with Crippen molar-refractivity contribution >= 4 is 62.1 Å². The summed E-state index contributed by atoms with van der Waals surface area (Å²) in [6.07, 6.45) is 0. The van der Waals surface area contributed by atoms with Gasteiger partial charge in [0.25, 0.3) is 0 Å². The molecule has 6 rings (SSSR count). The molecule has 0 aliphatic rings. The monoisotopic (exact) mass is 792 g/mol. The largest absolute Gasteiger partial charge is 0.369 e. The van der Waals surface area contributed by atoms with Gasteiger partial charge in [-0.25, -0.2) is 4.42 Å². The molecule has 0 fully saturated rings. The van der Waals surface area contributed by atoms with E-state index in [2.05, 4.69) is 140 Å². The number of halogens is 6. The fourth-order valence-corrected chi connectivity index (χ4v) is 4.80. The molecule has 0 spiro atoms. The zero-order chi connectivity index (χ0) is 30.6. The molecule has 0 N–H and O–H groups in total. The Morgan fingerprint density at radius 2 is 0.512 bits per heavy atom. The molecule has 8 heteroatoms. The van der Waals surface area contributed by atoms with Crippen molar-refractivity contribution in [2.75, 3.05) is 0 Å². The topological polar surface area (TPSA) is 11.3 Å². The van der Waals surface area contributed by atoms with E-state index in [0.29, 0.717) is 0 Å². The third-order valence-corrected chi connectivity index (χ3v) is 6.42. The Hall–Kier alpha value is -2.19. The third kappa shape index (κ3) is 9.40. The average Bonchev–Trinajstić information content (AvgIpc) is 3.00. The number of hydrogen-bond donors (Lipinski definition) is 0. The molecule has 5 aromatic carbocycles. The van der Waals surface area contributed by atoms with Crippen LogP contribution in [0.5, 0.6) is 0 Å². The minimum atomic E-state index is -5.42. The van der Waals surface area contributed by atoms with Crippen LogP contribution in [0.1, 0.15) is 0 Å². The van der Waals surface area contributed by atoms with E-state index in [4.69, 9.17) is 57.4 Å². The van der Waals surface area contributed by atoms with Crippen molar-refractivity contribution in [3.8, 4) is 56.0 Å². The van der Waals surface area contributed by atoms with E-state index in [0.717, 1.165) is 56.0 Å². The SMILES string of the molecule is [Cl][Sb-]([Cl])([Cl])([Cl])([Cl])[Cl].c1ccc(-c2[o+]c(-c3ccccc3)c(-c3ccccc3)c(-c3ccccc3)c2-c2ccccc2)cc1. The molecule has 0 bridgehead atoms. The van der Waals surface area contributed by atoms with Crippen molar-refractivity contribution < 1.29 is 4.42 Å². The first kappa shape index (κ1) is 32.2. The summed E-state index contributed by atoms with van der Waals surface area (Å²) in [5, 5.41) is 0. The smallest absolute Gasteiger partial charge is 0.205 e. The molecule has 6 aromatic rings. The van der Waals surface area contributed by atoms with Crippen LogP contribution in [0.15, 0.2) is 156 Å². The average molecular weight is 796 g/mol. The Morgan fingerprint density at radius 3 is 0.767 bits per heavy atom. The molecule has 1 heterocycles. The maximum atomic E-state index is 6.98. The molecular formula is C35H25Cl6OSb. The van der Waals surface area contributed by atoms with Crippen LogP contribution in [0.25, 0.3) is 56.0 Å². The van der Waals surface area contributed by atoms with Crippen LogP contribution in [0, 0.1) is 0 Å². The van der Waals surface area contributed by atoms with Gasteiger partial charge in [-0.15, -0.1) is 0 Å². The molecule has 0 aliphatic heterocycles. The molecule has 0 unspecified atom stereocenters. The van der Waals surface area contributed by atoms with Gasteiger partial charge >= 0.3 is 73.6 Å². The van der Waals surface area contributed by atoms with Crippen molar-refractivity contribution in [2.24, 2.45) is 0 Å². The molecule has 218 valence electrons. The van der Waals surface area contributed by atoms with Crippen molar-refractivity contribution in [2.45, 2.75) is 0 Å². The van der Waals surface area contributed by atoms with Crippen molar-refractivity contribution in [3.63, 3.8) is 0 Å². The quantitative estimate of drug-likeness (QED) is 0.125. The molecule has 1 aromatic heterocycles. The maximum absolute atomic E-state index is 6.98. The van der Waals surface area contributed by atoms with Crippen molar-refractivity contribution in [3.05, 3.63) is 152 Å². The summed E-state index contributed by atoms with van der Waals surface area (Å²) in [6.45, 7) is 0. The summed E-state index contributed by atoms with van der Waals surface area (Å²) >= 11 is 0. The molecule has 0 amide bonds. The van der Waals surface area contributed by atoms with Gasteiger partial charge in [0.15, 0.2) is 0 Å². The second-order valence-corrected chi connectivity index (χ2v) is 66.6. The molecule has 43 heavy (non-hydrogen) atoms. The summed E-state index contributed by atoms with van der Waals surface area (Å²) in [5.74, 6) is 1.72. The standard InChI is InChI=1S/C35H25O.6ClH.Sb/c1-6-16-26(17-7-1)31-32(27-18-8-2-9-19-27)34(29-22-12-4-13-23-29)36-35(30-24-14-5-15-25-30)33(31)28-20-10-3-11-21-28;;;;;;;/h1-25H;6*1H;/q+1;;;;;;;+5/p-6. The number of benzene rings is 5. The Morgan fingerprint density at radius 1 is 0.302 bits per heavy atom. The van der Waals surface area contributed by atoms with Crippen LogP contribution >= 0.6 is 53.0 Å². The maximum Gasteiger partial charge on any atom is 0.369 e. The van der Waals surface area contributed by atoms with Gasteiger partial charge in [0.05, 0.1) is 22.3 Å². The molecule has 0 aliphatic carbocycles. The molecule has 0 radical (unpaired) electrons. The van der Waals surface area contributed by atoms with Gasteiger partial charge < -0.3 is 0 Å². The van der Waals surface area contributed by atoms with Crippen LogP contribution in [0.2, 0.25) is 0 Å². The Balaban J connectivity index is 0.000000472. The van der Waals surface area contributed by atoms with Crippen LogP contribution < -0.4 is 0 Å². The van der Waals surface area contributed by atoms with Crippen LogP contribution in [0.3, 0.4) is 0 Å². The van der Waals surface area contributed by atoms with Gasteiger partial charge in [0.2, 0.25) is 0 Å². The Kier molecular flexibility index (Phi) is 9.49. The van der Waals surface area contributed by atoms with Crippen LogP contribution in [-0.2, 0) is 0 Å². The van der Waals surface area contributed by atoms with Crippen molar-refractivity contribution in [1.29, 1.82) is 0 Å². The van der Waals surface area contributed by atoms with E-state index < -0.39 is 9.14 Å². The fourth-order valence-electron chi connectivity index (χ4n) is 4.80. The molecule has 0 saturated carbocycles. The minimum absolute atomic E-state index is 0.860. The predicted molar refractivity (Wildman–Crippen MR) is 191 cm³/mol. The first-order valence-electron chi connectivity index (χ1n) is 13.2. The first-order chi connectivity index (χ1) is 20.3. The van der Waals surface area contributed by atoms with E-state index in [1.807, 2.05) is 12.1 Å². The van der Waals surface area contributed by atoms with E-state index in [-0.39, 0.29) is 0 Å². The molecule has 0 atom stereocenters. The third-order valence-electron chi connectivity index (χ3n) is 6.42. The van der Waals surface area contributed by atoms with Crippen molar-refractivity contribution in [1.82, 2.24) is 0 Å². The van der Waals surface area contributed by atoms with Crippen LogP contribution in [-0.4, -0.2) is 9.14 Å². The van der Waals surface area contributed by atoms with Gasteiger partial charge in [-0.05, 0) is 41.0 Å². The van der Waals surface area contributed by atoms with Gasteiger partial charge in [0.1, 0.15) is 0 Å². The van der Waals surface area contributed by atoms with Gasteiger partial charge in [-0.3, -0.25) is 0 Å². The van der Waals surface area contributed by atoms with Gasteiger partial charge in [0, 0.05) is 5.56 Å². The molecule has 1 nitrogen and oxygen atoms in total. The van der Waals surface area contributed by atoms with Crippen LogP contribution in [0.4, 0.5) is 0 Å². The number of hydrogen-bond acceptors (Lipinski definition) is 0. The first-order valence-corrected chi connectivity index (χ1v) is 32.6. The summed E-state index contributed by atoms with van der Waals surface area (Å²) in [5.41, 5.74) is 8.83. The predicted octanol–water partition coefficient (Wildman–Crippen LogP) is 13.7. The summed E-state index contributed by atoms with van der Waals surface area (Å²) < 4.78 is 6.98. The zero-order valence-electron chi connectivity index (χ0n) is 22.6. The molecular weight excluding hydrogens is 771 g/mol. The second kappa shape index (κ2) is 12.7.